The Bertz CT molecular complexity index is 560. The van der Waals surface area contributed by atoms with Crippen LogP contribution in [0.1, 0.15) is 26.2 Å². The van der Waals surface area contributed by atoms with Crippen LogP contribution in [0.15, 0.2) is 24.3 Å². The molecule has 6 nitrogen and oxygen atoms in total. The molecule has 0 spiro atoms. The van der Waals surface area contributed by atoms with Crippen molar-refractivity contribution < 1.29 is 19.4 Å². The van der Waals surface area contributed by atoms with Crippen LogP contribution in [0.4, 0.5) is 0 Å². The second kappa shape index (κ2) is 7.85. The molecule has 1 saturated heterocycles. The molecule has 1 amide bonds. The van der Waals surface area contributed by atoms with E-state index in [2.05, 4.69) is 10.2 Å². The lowest BCUT2D eigenvalue weighted by molar-refractivity contribution is -0.132. The molecule has 0 bridgehead atoms. The molecule has 0 aliphatic carbocycles. The Hall–Kier alpha value is -1.79. The van der Waals surface area contributed by atoms with Crippen LogP contribution in [0.25, 0.3) is 0 Å². The molecule has 3 rings (SSSR count). The number of amides is 1. The van der Waals surface area contributed by atoms with E-state index in [1.54, 1.807) is 0 Å². The number of rotatable bonds is 5. The molecule has 1 fully saturated rings. The van der Waals surface area contributed by atoms with Crippen molar-refractivity contribution in [2.45, 2.75) is 44.4 Å². The summed E-state index contributed by atoms with van der Waals surface area (Å²) in [6.07, 6.45) is 2.22. The Kier molecular flexibility index (Phi) is 5.58. The average Bonchev–Trinajstić information content (AvgIpc) is 2.62. The van der Waals surface area contributed by atoms with Gasteiger partial charge in [-0.05, 0) is 45.0 Å². The molecule has 1 aromatic rings. The number of piperidine rings is 1. The first-order valence-electron chi connectivity index (χ1n) is 8.73. The highest BCUT2D eigenvalue weighted by Crippen LogP contribution is 2.31. The van der Waals surface area contributed by atoms with Crippen LogP contribution >= 0.6 is 0 Å². The molecule has 0 unspecified atom stereocenters. The predicted molar refractivity (Wildman–Crippen MR) is 90.3 cm³/mol. The van der Waals surface area contributed by atoms with Crippen molar-refractivity contribution in [1.29, 1.82) is 0 Å². The van der Waals surface area contributed by atoms with Gasteiger partial charge >= 0.3 is 0 Å². The lowest BCUT2D eigenvalue weighted by atomic mass is 10.1. The fourth-order valence-electron chi connectivity index (χ4n) is 3.17. The molecule has 0 aromatic heterocycles. The van der Waals surface area contributed by atoms with Crippen LogP contribution in [-0.4, -0.2) is 60.4 Å². The van der Waals surface area contributed by atoms with Crippen molar-refractivity contribution in [3.05, 3.63) is 24.3 Å². The Balaban J connectivity index is 1.49. The number of carbonyl (C=O) groups excluding carboxylic acids is 1. The van der Waals surface area contributed by atoms with Crippen LogP contribution in [0.5, 0.6) is 11.5 Å². The van der Waals surface area contributed by atoms with Gasteiger partial charge in [-0.1, -0.05) is 18.6 Å². The van der Waals surface area contributed by atoms with E-state index in [0.717, 1.165) is 31.7 Å². The maximum absolute atomic E-state index is 12.2. The summed E-state index contributed by atoms with van der Waals surface area (Å²) in [5.41, 5.74) is 0. The molecule has 3 atom stereocenters. The second-order valence-corrected chi connectivity index (χ2v) is 6.59. The number of aliphatic hydroxyl groups is 1. The Morgan fingerprint density at radius 3 is 2.75 bits per heavy atom. The van der Waals surface area contributed by atoms with Crippen molar-refractivity contribution in [2.75, 3.05) is 26.2 Å². The molecule has 6 heteroatoms. The van der Waals surface area contributed by atoms with Crippen molar-refractivity contribution >= 4 is 5.91 Å². The summed E-state index contributed by atoms with van der Waals surface area (Å²) in [6.45, 7) is 4.55. The van der Waals surface area contributed by atoms with Gasteiger partial charge in [-0.3, -0.25) is 4.79 Å². The predicted octanol–water partition coefficient (Wildman–Crippen LogP) is 1.18. The number of hydrogen-bond donors (Lipinski definition) is 2. The summed E-state index contributed by atoms with van der Waals surface area (Å²) in [5, 5.41) is 13.0. The summed E-state index contributed by atoms with van der Waals surface area (Å²) in [7, 11) is 0. The molecule has 1 aromatic carbocycles. The quantitative estimate of drug-likeness (QED) is 0.846. The SMILES string of the molecule is C[C@@H](NC(=O)[C@H](O)CN1CCCCC1)[C@@H]1COc2ccccc2O1. The highest BCUT2D eigenvalue weighted by Gasteiger charge is 2.29. The molecular weight excluding hydrogens is 308 g/mol. The zero-order chi connectivity index (χ0) is 16.9. The lowest BCUT2D eigenvalue weighted by Gasteiger charge is -2.32. The Morgan fingerprint density at radius 1 is 1.29 bits per heavy atom. The van der Waals surface area contributed by atoms with Crippen LogP contribution in [0.3, 0.4) is 0 Å². The standard InChI is InChI=1S/C18H26N2O4/c1-13(17-12-23-15-7-3-4-8-16(15)24-17)19-18(22)14(21)11-20-9-5-2-6-10-20/h3-4,7-8,13-14,17,21H,2,5-6,9-12H2,1H3,(H,19,22)/t13-,14-,17+/m1/s1. The maximum atomic E-state index is 12.2. The number of fused-ring (bicyclic) bond motifs is 1. The van der Waals surface area contributed by atoms with E-state index in [4.69, 9.17) is 9.47 Å². The molecule has 2 N–H and O–H groups in total. The van der Waals surface area contributed by atoms with Crippen LogP contribution in [0.2, 0.25) is 0 Å². The maximum Gasteiger partial charge on any atom is 0.250 e. The summed E-state index contributed by atoms with van der Waals surface area (Å²) in [6, 6.07) is 7.24. The van der Waals surface area contributed by atoms with Crippen molar-refractivity contribution in [1.82, 2.24) is 10.2 Å². The largest absolute Gasteiger partial charge is 0.486 e. The molecule has 2 aliphatic rings. The van der Waals surface area contributed by atoms with E-state index in [9.17, 15) is 9.90 Å². The van der Waals surface area contributed by atoms with Crippen LogP contribution < -0.4 is 14.8 Å². The van der Waals surface area contributed by atoms with Gasteiger partial charge in [0, 0.05) is 6.54 Å². The highest BCUT2D eigenvalue weighted by atomic mass is 16.6. The van der Waals surface area contributed by atoms with Gasteiger partial charge in [-0.25, -0.2) is 0 Å². The summed E-state index contributed by atoms with van der Waals surface area (Å²) >= 11 is 0. The van der Waals surface area contributed by atoms with Gasteiger partial charge in [-0.15, -0.1) is 0 Å². The number of likely N-dealkylation sites (tertiary alicyclic amines) is 1. The van der Waals surface area contributed by atoms with Crippen molar-refractivity contribution in [2.24, 2.45) is 0 Å². The molecule has 0 saturated carbocycles. The first-order valence-corrected chi connectivity index (χ1v) is 8.73. The Labute approximate surface area is 142 Å². The molecule has 2 heterocycles. The number of benzene rings is 1. The first-order chi connectivity index (χ1) is 11.6. The number of hydrogen-bond acceptors (Lipinski definition) is 5. The van der Waals surface area contributed by atoms with Gasteiger partial charge in [0.15, 0.2) is 17.6 Å². The highest BCUT2D eigenvalue weighted by molar-refractivity contribution is 5.81. The van der Waals surface area contributed by atoms with E-state index < -0.39 is 6.10 Å². The third-order valence-corrected chi connectivity index (χ3v) is 4.64. The van der Waals surface area contributed by atoms with Crippen LogP contribution in [-0.2, 0) is 4.79 Å². The number of ether oxygens (including phenoxy) is 2. The lowest BCUT2D eigenvalue weighted by Crippen LogP contribution is -2.52. The van der Waals surface area contributed by atoms with Gasteiger partial charge in [0.1, 0.15) is 12.7 Å². The van der Waals surface area contributed by atoms with Gasteiger partial charge in [0.2, 0.25) is 0 Å². The number of nitrogens with one attached hydrogen (secondary N) is 1. The summed E-state index contributed by atoms with van der Waals surface area (Å²) in [5.74, 6) is 1.05. The van der Waals surface area contributed by atoms with E-state index in [-0.39, 0.29) is 18.1 Å². The fourth-order valence-corrected chi connectivity index (χ4v) is 3.17. The molecule has 24 heavy (non-hydrogen) atoms. The number of nitrogens with zero attached hydrogens (tertiary/aromatic N) is 1. The Morgan fingerprint density at radius 2 is 2.00 bits per heavy atom. The molecular formula is C18H26N2O4. The van der Waals surface area contributed by atoms with E-state index in [1.807, 2.05) is 31.2 Å². The topological polar surface area (TPSA) is 71.0 Å². The zero-order valence-corrected chi connectivity index (χ0v) is 14.1. The molecule has 0 radical (unpaired) electrons. The number of carbonyl (C=O) groups is 1. The van der Waals surface area contributed by atoms with Crippen molar-refractivity contribution in [3.8, 4) is 11.5 Å². The third-order valence-electron chi connectivity index (χ3n) is 4.64. The smallest absolute Gasteiger partial charge is 0.250 e. The first kappa shape index (κ1) is 17.0. The number of para-hydroxylation sites is 2. The number of β-amino-alcohol motifs (C(OH)–C–C–N with tert-alkyl or cyclic N) is 1. The minimum absolute atomic E-state index is 0.248. The molecule has 132 valence electrons. The van der Waals surface area contributed by atoms with Crippen molar-refractivity contribution in [3.63, 3.8) is 0 Å². The van der Waals surface area contributed by atoms with E-state index >= 15 is 0 Å². The minimum atomic E-state index is -1.01. The second-order valence-electron chi connectivity index (χ2n) is 6.59. The third kappa shape index (κ3) is 4.19. The van der Waals surface area contributed by atoms with E-state index in [1.165, 1.54) is 6.42 Å². The average molecular weight is 334 g/mol. The zero-order valence-electron chi connectivity index (χ0n) is 14.1. The number of aliphatic hydroxyl groups excluding tert-OH is 1. The minimum Gasteiger partial charge on any atom is -0.486 e. The van der Waals surface area contributed by atoms with E-state index in [0.29, 0.717) is 18.9 Å². The van der Waals surface area contributed by atoms with Gasteiger partial charge in [-0.2, -0.15) is 0 Å². The fraction of sp³-hybridized carbons (Fsp3) is 0.611. The summed E-state index contributed by atoms with van der Waals surface area (Å²) in [4.78, 5) is 14.4. The van der Waals surface area contributed by atoms with Gasteiger partial charge in [0.25, 0.3) is 5.91 Å². The van der Waals surface area contributed by atoms with Gasteiger partial charge in [0.05, 0.1) is 6.04 Å². The van der Waals surface area contributed by atoms with Crippen LogP contribution in [0, 0.1) is 0 Å². The molecule has 2 aliphatic heterocycles. The normalized spacial score (nSPS) is 23.3. The summed E-state index contributed by atoms with van der Waals surface area (Å²) < 4.78 is 11.6. The monoisotopic (exact) mass is 334 g/mol. The van der Waals surface area contributed by atoms with Gasteiger partial charge < -0.3 is 24.8 Å².